The van der Waals surface area contributed by atoms with Gasteiger partial charge in [0, 0.05) is 28.8 Å². The molecule has 0 bridgehead atoms. The zero-order valence-corrected chi connectivity index (χ0v) is 17.8. The van der Waals surface area contributed by atoms with Gasteiger partial charge in [0.15, 0.2) is 0 Å². The predicted octanol–water partition coefficient (Wildman–Crippen LogP) is 4.98. The Bertz CT molecular complexity index is 976. The van der Waals surface area contributed by atoms with E-state index >= 15 is 0 Å². The van der Waals surface area contributed by atoms with Crippen molar-refractivity contribution in [1.29, 1.82) is 0 Å². The molecule has 0 saturated heterocycles. The predicted molar refractivity (Wildman–Crippen MR) is 119 cm³/mol. The summed E-state index contributed by atoms with van der Waals surface area (Å²) in [6.45, 7) is 7.85. The number of rotatable bonds is 2. The fourth-order valence-electron chi connectivity index (χ4n) is 3.76. The molecule has 1 saturated carbocycles. The second-order valence-corrected chi connectivity index (χ2v) is 7.86. The van der Waals surface area contributed by atoms with E-state index in [4.69, 9.17) is 5.73 Å². The zero-order chi connectivity index (χ0) is 21.0. The van der Waals surface area contributed by atoms with Crippen LogP contribution in [0.4, 0.5) is 11.6 Å². The number of anilines is 2. The Morgan fingerprint density at radius 3 is 2.28 bits per heavy atom. The van der Waals surface area contributed by atoms with Crippen LogP contribution in [0.2, 0.25) is 0 Å². The van der Waals surface area contributed by atoms with Gasteiger partial charge in [-0.2, -0.15) is 0 Å². The summed E-state index contributed by atoms with van der Waals surface area (Å²) in [4.78, 5) is 13.2. The summed E-state index contributed by atoms with van der Waals surface area (Å²) in [5.74, 6) is 0.995. The Hall–Kier alpha value is -2.89. The van der Waals surface area contributed by atoms with E-state index in [0.29, 0.717) is 17.1 Å². The standard InChI is InChI=1S/C12H19N3.C11H12N2O/c1-9-8-10(2)14-12(13-9)15-11-6-4-3-5-7-11;1-6-7(2)13-8-4-3-5-9(14)10(8)11(6)12/h8,11H,3-7H2,1-2H3,(H,13,14,15);3-5,14H,1-2H3,(H2,12,13). The Morgan fingerprint density at radius 1 is 0.966 bits per heavy atom. The third kappa shape index (κ3) is 5.13. The highest BCUT2D eigenvalue weighted by atomic mass is 16.3. The maximum absolute atomic E-state index is 9.65. The van der Waals surface area contributed by atoms with Gasteiger partial charge in [-0.25, -0.2) is 9.97 Å². The molecule has 0 spiro atoms. The van der Waals surface area contributed by atoms with E-state index < -0.39 is 0 Å². The van der Waals surface area contributed by atoms with Crippen LogP contribution < -0.4 is 11.1 Å². The highest BCUT2D eigenvalue weighted by molar-refractivity contribution is 5.96. The Kier molecular flexibility index (Phi) is 6.52. The molecule has 6 heteroatoms. The highest BCUT2D eigenvalue weighted by Gasteiger charge is 2.14. The fourth-order valence-corrected chi connectivity index (χ4v) is 3.76. The third-order valence-corrected chi connectivity index (χ3v) is 5.45. The van der Waals surface area contributed by atoms with Crippen molar-refractivity contribution in [2.75, 3.05) is 11.1 Å². The smallest absolute Gasteiger partial charge is 0.223 e. The summed E-state index contributed by atoms with van der Waals surface area (Å²) in [5.41, 5.74) is 11.2. The van der Waals surface area contributed by atoms with Gasteiger partial charge >= 0.3 is 0 Å². The lowest BCUT2D eigenvalue weighted by atomic mass is 9.96. The van der Waals surface area contributed by atoms with E-state index in [-0.39, 0.29) is 5.75 Å². The number of pyridine rings is 1. The number of fused-ring (bicyclic) bond motifs is 1. The Labute approximate surface area is 172 Å². The number of nitrogens with zero attached hydrogens (tertiary/aromatic N) is 3. The number of aromatic nitrogens is 3. The van der Waals surface area contributed by atoms with Gasteiger partial charge in [0.2, 0.25) is 5.95 Å². The minimum Gasteiger partial charge on any atom is -0.507 e. The molecule has 6 nitrogen and oxygen atoms in total. The van der Waals surface area contributed by atoms with Crippen LogP contribution in [-0.4, -0.2) is 26.1 Å². The number of nitrogen functional groups attached to an aromatic ring is 1. The molecule has 4 rings (SSSR count). The van der Waals surface area contributed by atoms with Crippen LogP contribution in [-0.2, 0) is 0 Å². The molecule has 1 aliphatic rings. The lowest BCUT2D eigenvalue weighted by Gasteiger charge is -2.22. The maximum atomic E-state index is 9.65. The first kappa shape index (κ1) is 20.8. The highest BCUT2D eigenvalue weighted by Crippen LogP contribution is 2.31. The maximum Gasteiger partial charge on any atom is 0.223 e. The van der Waals surface area contributed by atoms with Crippen LogP contribution in [0.3, 0.4) is 0 Å². The van der Waals surface area contributed by atoms with E-state index in [0.717, 1.165) is 34.1 Å². The fraction of sp³-hybridized carbons (Fsp3) is 0.435. The second-order valence-electron chi connectivity index (χ2n) is 7.86. The summed E-state index contributed by atoms with van der Waals surface area (Å²) in [6.07, 6.45) is 6.57. The van der Waals surface area contributed by atoms with Crippen molar-refractivity contribution in [3.05, 3.63) is 46.9 Å². The number of nitrogens with two attached hydrogens (primary N) is 1. The van der Waals surface area contributed by atoms with Gasteiger partial charge in [-0.15, -0.1) is 0 Å². The number of nitrogens with one attached hydrogen (secondary N) is 1. The van der Waals surface area contributed by atoms with Gasteiger partial charge in [-0.05, 0) is 64.3 Å². The first-order chi connectivity index (χ1) is 13.8. The quantitative estimate of drug-likeness (QED) is 0.568. The molecule has 1 aromatic carbocycles. The first-order valence-electron chi connectivity index (χ1n) is 10.3. The van der Waals surface area contributed by atoms with Gasteiger partial charge in [-0.1, -0.05) is 25.3 Å². The van der Waals surface area contributed by atoms with Crippen LogP contribution in [0.15, 0.2) is 24.3 Å². The van der Waals surface area contributed by atoms with Crippen molar-refractivity contribution >= 4 is 22.5 Å². The van der Waals surface area contributed by atoms with Gasteiger partial charge in [0.05, 0.1) is 10.9 Å². The van der Waals surface area contributed by atoms with Crippen LogP contribution >= 0.6 is 0 Å². The number of hydrogen-bond acceptors (Lipinski definition) is 6. The minimum atomic E-state index is 0.190. The summed E-state index contributed by atoms with van der Waals surface area (Å²) in [7, 11) is 0. The lowest BCUT2D eigenvalue weighted by Crippen LogP contribution is -2.23. The van der Waals surface area contributed by atoms with Gasteiger partial charge in [0.1, 0.15) is 5.75 Å². The molecular weight excluding hydrogens is 362 g/mol. The van der Waals surface area contributed by atoms with Crippen molar-refractivity contribution in [3.63, 3.8) is 0 Å². The monoisotopic (exact) mass is 393 g/mol. The molecule has 0 aliphatic heterocycles. The molecule has 0 atom stereocenters. The molecule has 0 amide bonds. The third-order valence-electron chi connectivity index (χ3n) is 5.45. The molecular formula is C23H31N5O. The lowest BCUT2D eigenvalue weighted by molar-refractivity contribution is 0.460. The van der Waals surface area contributed by atoms with E-state index in [1.807, 2.05) is 39.8 Å². The average molecular weight is 394 g/mol. The average Bonchev–Trinajstić information content (AvgIpc) is 2.67. The van der Waals surface area contributed by atoms with E-state index in [9.17, 15) is 5.11 Å². The second kappa shape index (κ2) is 9.07. The van der Waals surface area contributed by atoms with Crippen LogP contribution in [0.1, 0.15) is 54.7 Å². The van der Waals surface area contributed by atoms with Crippen LogP contribution in [0.25, 0.3) is 10.9 Å². The molecule has 3 aromatic rings. The molecule has 4 N–H and O–H groups in total. The number of hydrogen-bond donors (Lipinski definition) is 3. The van der Waals surface area contributed by atoms with Crippen LogP contribution in [0, 0.1) is 27.7 Å². The molecule has 29 heavy (non-hydrogen) atoms. The summed E-state index contributed by atoms with van der Waals surface area (Å²) in [6, 6.07) is 7.82. The van der Waals surface area contributed by atoms with Gasteiger partial charge in [0.25, 0.3) is 0 Å². The summed E-state index contributed by atoms with van der Waals surface area (Å²) < 4.78 is 0. The van der Waals surface area contributed by atoms with Crippen molar-refractivity contribution < 1.29 is 5.11 Å². The normalized spacial score (nSPS) is 14.3. The largest absolute Gasteiger partial charge is 0.507 e. The Balaban J connectivity index is 0.000000166. The summed E-state index contributed by atoms with van der Waals surface area (Å²) >= 11 is 0. The number of phenolic OH excluding ortho intramolecular Hbond substituents is 1. The number of aryl methyl sites for hydroxylation is 3. The molecule has 1 aliphatic carbocycles. The van der Waals surface area contributed by atoms with E-state index in [2.05, 4.69) is 20.3 Å². The van der Waals surface area contributed by atoms with Crippen molar-refractivity contribution in [3.8, 4) is 5.75 Å². The molecule has 0 radical (unpaired) electrons. The number of phenols is 1. The zero-order valence-electron chi connectivity index (χ0n) is 17.8. The van der Waals surface area contributed by atoms with Crippen molar-refractivity contribution in [2.45, 2.75) is 65.8 Å². The number of benzene rings is 1. The van der Waals surface area contributed by atoms with Crippen molar-refractivity contribution in [1.82, 2.24) is 15.0 Å². The molecule has 1 fully saturated rings. The van der Waals surface area contributed by atoms with E-state index in [1.165, 1.54) is 32.1 Å². The first-order valence-corrected chi connectivity index (χ1v) is 10.3. The van der Waals surface area contributed by atoms with Gasteiger partial charge < -0.3 is 16.2 Å². The minimum absolute atomic E-state index is 0.190. The number of aromatic hydroxyl groups is 1. The topological polar surface area (TPSA) is 97.0 Å². The van der Waals surface area contributed by atoms with Crippen LogP contribution in [0.5, 0.6) is 5.75 Å². The molecule has 2 heterocycles. The summed E-state index contributed by atoms with van der Waals surface area (Å²) in [5, 5.41) is 13.7. The van der Waals surface area contributed by atoms with E-state index in [1.54, 1.807) is 12.1 Å². The van der Waals surface area contributed by atoms with Crippen molar-refractivity contribution in [2.24, 2.45) is 0 Å². The SMILES string of the molecule is Cc1cc(C)nc(NC2CCCCC2)n1.Cc1nc2cccc(O)c2c(N)c1C. The van der Waals surface area contributed by atoms with Gasteiger partial charge in [-0.3, -0.25) is 4.98 Å². The Morgan fingerprint density at radius 2 is 1.62 bits per heavy atom. The molecule has 154 valence electrons. The molecule has 0 unspecified atom stereocenters. The molecule has 2 aromatic heterocycles.